The molecule has 1 unspecified atom stereocenters. The zero-order valence-electron chi connectivity index (χ0n) is 15.4. The van der Waals surface area contributed by atoms with Crippen molar-refractivity contribution in [2.75, 3.05) is 25.1 Å². The van der Waals surface area contributed by atoms with Gasteiger partial charge in [0, 0.05) is 24.2 Å². The maximum Gasteiger partial charge on any atom is 0.225 e. The van der Waals surface area contributed by atoms with Crippen LogP contribution in [0.15, 0.2) is 30.3 Å². The van der Waals surface area contributed by atoms with E-state index in [-0.39, 0.29) is 11.8 Å². The predicted octanol–water partition coefficient (Wildman–Crippen LogP) is 3.12. The number of benzene rings is 1. The van der Waals surface area contributed by atoms with E-state index in [9.17, 15) is 4.79 Å². The first-order valence-electron chi connectivity index (χ1n) is 9.20. The molecule has 1 aromatic heterocycles. The second kappa shape index (κ2) is 8.17. The van der Waals surface area contributed by atoms with E-state index in [1.807, 2.05) is 37.3 Å². The number of carbonyl (C=O) groups is 1. The van der Waals surface area contributed by atoms with Gasteiger partial charge in [-0.25, -0.2) is 0 Å². The van der Waals surface area contributed by atoms with Crippen molar-refractivity contribution in [2.24, 2.45) is 5.73 Å². The molecule has 3 rings (SSSR count). The highest BCUT2D eigenvalue weighted by Crippen LogP contribution is 2.33. The highest BCUT2D eigenvalue weighted by atomic mass is 16.5. The molecule has 1 saturated heterocycles. The molecule has 6 nitrogen and oxygen atoms in total. The number of nitrogens with zero attached hydrogens (tertiary/aromatic N) is 3. The number of rotatable bonds is 7. The van der Waals surface area contributed by atoms with E-state index in [4.69, 9.17) is 10.5 Å². The van der Waals surface area contributed by atoms with Crippen LogP contribution in [0.3, 0.4) is 0 Å². The largest absolute Gasteiger partial charge is 0.496 e. The first-order chi connectivity index (χ1) is 12.6. The van der Waals surface area contributed by atoms with Gasteiger partial charge in [-0.3, -0.25) is 4.79 Å². The monoisotopic (exact) mass is 354 g/mol. The number of hydrogen-bond donors (Lipinski definition) is 1. The van der Waals surface area contributed by atoms with E-state index < -0.39 is 0 Å². The highest BCUT2D eigenvalue weighted by molar-refractivity contribution is 5.83. The summed E-state index contributed by atoms with van der Waals surface area (Å²) >= 11 is 0. The topological polar surface area (TPSA) is 81.3 Å². The maximum absolute atomic E-state index is 11.9. The third-order valence-corrected chi connectivity index (χ3v) is 4.90. The molecule has 1 amide bonds. The average molecular weight is 354 g/mol. The second-order valence-corrected chi connectivity index (χ2v) is 6.67. The Labute approximate surface area is 154 Å². The first-order valence-corrected chi connectivity index (χ1v) is 9.20. The fraction of sp³-hybridized carbons (Fsp3) is 0.450. The van der Waals surface area contributed by atoms with Gasteiger partial charge in [-0.2, -0.15) is 0 Å². The third-order valence-electron chi connectivity index (χ3n) is 4.90. The summed E-state index contributed by atoms with van der Waals surface area (Å²) in [5.41, 5.74) is 8.12. The van der Waals surface area contributed by atoms with Crippen molar-refractivity contribution < 1.29 is 9.53 Å². The Morgan fingerprint density at radius 1 is 1.23 bits per heavy atom. The fourth-order valence-electron chi connectivity index (χ4n) is 3.50. The number of nitrogens with two attached hydrogens (primary N) is 1. The quantitative estimate of drug-likeness (QED) is 0.826. The van der Waals surface area contributed by atoms with Crippen LogP contribution in [0.5, 0.6) is 5.75 Å². The molecule has 138 valence electrons. The van der Waals surface area contributed by atoms with Crippen molar-refractivity contribution in [3.8, 4) is 17.0 Å². The Morgan fingerprint density at radius 3 is 2.58 bits per heavy atom. The predicted molar refractivity (Wildman–Crippen MR) is 102 cm³/mol. The van der Waals surface area contributed by atoms with Crippen LogP contribution in [-0.2, 0) is 4.79 Å². The zero-order valence-corrected chi connectivity index (χ0v) is 15.4. The molecule has 0 radical (unpaired) electrons. The number of methoxy groups -OCH3 is 1. The standard InChI is InChI=1S/C20H26N4O2/c1-3-6-15(20(21)25)16-13-14(7-9-18(16)26-2)17-8-10-19(23-22-17)24-11-4-5-12-24/h7-10,13,15H,3-6,11-12H2,1-2H3,(H2,21,25). The number of ether oxygens (including phenoxy) is 1. The molecule has 2 aromatic rings. The Kier molecular flexibility index (Phi) is 5.71. The summed E-state index contributed by atoms with van der Waals surface area (Å²) in [6.07, 6.45) is 3.97. The summed E-state index contributed by atoms with van der Waals surface area (Å²) in [7, 11) is 1.60. The molecule has 1 atom stereocenters. The molecule has 0 aliphatic carbocycles. The lowest BCUT2D eigenvalue weighted by atomic mass is 9.91. The van der Waals surface area contributed by atoms with Gasteiger partial charge in [-0.1, -0.05) is 13.3 Å². The average Bonchev–Trinajstić information content (AvgIpc) is 3.20. The number of hydrogen-bond acceptors (Lipinski definition) is 5. The lowest BCUT2D eigenvalue weighted by Crippen LogP contribution is -2.22. The SMILES string of the molecule is CCCC(C(N)=O)c1cc(-c2ccc(N3CCCC3)nn2)ccc1OC. The molecule has 1 aliphatic heterocycles. The van der Waals surface area contributed by atoms with Gasteiger partial charge in [0.2, 0.25) is 5.91 Å². The lowest BCUT2D eigenvalue weighted by Gasteiger charge is -2.18. The summed E-state index contributed by atoms with van der Waals surface area (Å²) in [5, 5.41) is 8.77. The van der Waals surface area contributed by atoms with Crippen molar-refractivity contribution >= 4 is 11.7 Å². The van der Waals surface area contributed by atoms with Crippen LogP contribution < -0.4 is 15.4 Å². The molecule has 0 spiro atoms. The van der Waals surface area contributed by atoms with E-state index in [1.54, 1.807) is 7.11 Å². The van der Waals surface area contributed by atoms with Crippen molar-refractivity contribution in [3.63, 3.8) is 0 Å². The molecule has 1 aliphatic rings. The molecule has 26 heavy (non-hydrogen) atoms. The van der Waals surface area contributed by atoms with Gasteiger partial charge in [0.05, 0.1) is 18.7 Å². The van der Waals surface area contributed by atoms with Crippen LogP contribution in [0.4, 0.5) is 5.82 Å². The second-order valence-electron chi connectivity index (χ2n) is 6.67. The highest BCUT2D eigenvalue weighted by Gasteiger charge is 2.22. The minimum atomic E-state index is -0.369. The number of carbonyl (C=O) groups excluding carboxylic acids is 1. The number of primary amides is 1. The third kappa shape index (κ3) is 3.79. The Hall–Kier alpha value is -2.63. The Balaban J connectivity index is 1.92. The van der Waals surface area contributed by atoms with Gasteiger partial charge in [0.15, 0.2) is 5.82 Å². The van der Waals surface area contributed by atoms with E-state index in [1.165, 1.54) is 12.8 Å². The molecule has 0 bridgehead atoms. The molecular weight excluding hydrogens is 328 g/mol. The van der Waals surface area contributed by atoms with Crippen molar-refractivity contribution in [1.29, 1.82) is 0 Å². The van der Waals surface area contributed by atoms with Crippen LogP contribution in [0, 0.1) is 0 Å². The van der Waals surface area contributed by atoms with Gasteiger partial charge < -0.3 is 15.4 Å². The Morgan fingerprint density at radius 2 is 2.00 bits per heavy atom. The van der Waals surface area contributed by atoms with Gasteiger partial charge in [0.1, 0.15) is 5.75 Å². The van der Waals surface area contributed by atoms with Crippen LogP contribution in [-0.4, -0.2) is 36.3 Å². The Bertz CT molecular complexity index is 755. The van der Waals surface area contributed by atoms with Crippen molar-refractivity contribution in [2.45, 2.75) is 38.5 Å². The maximum atomic E-state index is 11.9. The molecule has 6 heteroatoms. The van der Waals surface area contributed by atoms with E-state index in [2.05, 4.69) is 15.1 Å². The van der Waals surface area contributed by atoms with E-state index >= 15 is 0 Å². The molecule has 2 heterocycles. The molecule has 2 N–H and O–H groups in total. The van der Waals surface area contributed by atoms with Crippen LogP contribution in [0.1, 0.15) is 44.1 Å². The fourth-order valence-corrected chi connectivity index (χ4v) is 3.50. The molecular formula is C20H26N4O2. The van der Waals surface area contributed by atoms with Gasteiger partial charge in [-0.15, -0.1) is 10.2 Å². The van der Waals surface area contributed by atoms with Gasteiger partial charge >= 0.3 is 0 Å². The van der Waals surface area contributed by atoms with Crippen LogP contribution in [0.2, 0.25) is 0 Å². The van der Waals surface area contributed by atoms with Crippen LogP contribution >= 0.6 is 0 Å². The van der Waals surface area contributed by atoms with Crippen molar-refractivity contribution in [1.82, 2.24) is 10.2 Å². The normalized spacial score (nSPS) is 15.1. The van der Waals surface area contributed by atoms with Crippen LogP contribution in [0.25, 0.3) is 11.3 Å². The number of anilines is 1. The summed E-state index contributed by atoms with van der Waals surface area (Å²) in [6.45, 7) is 4.12. The number of aromatic nitrogens is 2. The lowest BCUT2D eigenvalue weighted by molar-refractivity contribution is -0.119. The van der Waals surface area contributed by atoms with Gasteiger partial charge in [-0.05, 0) is 49.6 Å². The molecule has 0 saturated carbocycles. The van der Waals surface area contributed by atoms with E-state index in [0.717, 1.165) is 42.1 Å². The van der Waals surface area contributed by atoms with Crippen molar-refractivity contribution in [3.05, 3.63) is 35.9 Å². The molecule has 1 aromatic carbocycles. The minimum absolute atomic E-state index is 0.335. The zero-order chi connectivity index (χ0) is 18.5. The summed E-state index contributed by atoms with van der Waals surface area (Å²) in [4.78, 5) is 14.2. The summed E-state index contributed by atoms with van der Waals surface area (Å²) in [6, 6.07) is 9.74. The number of amides is 1. The smallest absolute Gasteiger partial charge is 0.225 e. The summed E-state index contributed by atoms with van der Waals surface area (Å²) in [5.74, 6) is 0.887. The molecule has 1 fully saturated rings. The summed E-state index contributed by atoms with van der Waals surface area (Å²) < 4.78 is 5.45. The minimum Gasteiger partial charge on any atom is -0.496 e. The van der Waals surface area contributed by atoms with Gasteiger partial charge in [0.25, 0.3) is 0 Å². The van der Waals surface area contributed by atoms with E-state index in [0.29, 0.717) is 12.2 Å². The first kappa shape index (κ1) is 18.2.